The van der Waals surface area contributed by atoms with Gasteiger partial charge >= 0.3 is 5.97 Å². The summed E-state index contributed by atoms with van der Waals surface area (Å²) in [4.78, 5) is 16.0. The van der Waals surface area contributed by atoms with Gasteiger partial charge in [-0.15, -0.1) is 0 Å². The van der Waals surface area contributed by atoms with Crippen LogP contribution in [0.15, 0.2) is 18.3 Å². The molecule has 19 heavy (non-hydrogen) atoms. The average molecular weight is 263 g/mol. The number of hydrogen-bond donors (Lipinski definition) is 2. The lowest BCUT2D eigenvalue weighted by molar-refractivity contribution is 0.0596. The Morgan fingerprint density at radius 2 is 2.32 bits per heavy atom. The van der Waals surface area contributed by atoms with Gasteiger partial charge in [0.1, 0.15) is 11.6 Å². The molecule has 0 saturated heterocycles. The summed E-state index contributed by atoms with van der Waals surface area (Å²) >= 11 is 0. The van der Waals surface area contributed by atoms with E-state index in [1.165, 1.54) is 13.2 Å². The lowest BCUT2D eigenvalue weighted by atomic mass is 10.2. The van der Waals surface area contributed by atoms with E-state index in [-0.39, 0.29) is 17.5 Å². The first-order valence-corrected chi connectivity index (χ1v) is 6.02. The molecule has 6 nitrogen and oxygen atoms in total. The summed E-state index contributed by atoms with van der Waals surface area (Å²) < 4.78 is 6.44. The van der Waals surface area contributed by atoms with Gasteiger partial charge < -0.3 is 15.2 Å². The van der Waals surface area contributed by atoms with Crippen LogP contribution < -0.4 is 5.32 Å². The van der Waals surface area contributed by atoms with Crippen LogP contribution >= 0.6 is 0 Å². The summed E-state index contributed by atoms with van der Waals surface area (Å²) in [6.07, 6.45) is 2.19. The van der Waals surface area contributed by atoms with Crippen LogP contribution in [0.1, 0.15) is 23.2 Å². The van der Waals surface area contributed by atoms with Crippen molar-refractivity contribution in [2.75, 3.05) is 14.2 Å². The van der Waals surface area contributed by atoms with E-state index >= 15 is 0 Å². The van der Waals surface area contributed by atoms with Crippen LogP contribution in [-0.2, 0) is 11.2 Å². The molecule has 0 aliphatic carbocycles. The van der Waals surface area contributed by atoms with Crippen LogP contribution in [0, 0.1) is 0 Å². The third-order valence-electron chi connectivity index (χ3n) is 3.05. The molecule has 6 heteroatoms. The maximum Gasteiger partial charge on any atom is 0.358 e. The Labute approximate surface area is 111 Å². The zero-order chi connectivity index (χ0) is 14.0. The summed E-state index contributed by atoms with van der Waals surface area (Å²) in [6.45, 7) is 2.02. The fourth-order valence-corrected chi connectivity index (χ4v) is 1.90. The van der Waals surface area contributed by atoms with Gasteiger partial charge in [0.25, 0.3) is 0 Å². The van der Waals surface area contributed by atoms with E-state index in [0.717, 1.165) is 0 Å². The molecule has 2 aromatic heterocycles. The van der Waals surface area contributed by atoms with Crippen molar-refractivity contribution in [3.63, 3.8) is 0 Å². The normalized spacial score (nSPS) is 12.6. The van der Waals surface area contributed by atoms with Crippen LogP contribution in [0.3, 0.4) is 0 Å². The van der Waals surface area contributed by atoms with Gasteiger partial charge in [0.15, 0.2) is 5.69 Å². The van der Waals surface area contributed by atoms with Gasteiger partial charge in [0.2, 0.25) is 0 Å². The SMILES string of the molecule is CNC(C)Cc1nc(C(=O)OC)c2ccc(O)cn12. The van der Waals surface area contributed by atoms with Crippen molar-refractivity contribution in [3.05, 3.63) is 29.8 Å². The van der Waals surface area contributed by atoms with Gasteiger partial charge in [0.05, 0.1) is 18.8 Å². The summed E-state index contributed by atoms with van der Waals surface area (Å²) in [6, 6.07) is 3.38. The Morgan fingerprint density at radius 3 is 2.95 bits per heavy atom. The molecular formula is C13H17N3O3. The largest absolute Gasteiger partial charge is 0.506 e. The first kappa shape index (κ1) is 13.4. The molecule has 2 heterocycles. The standard InChI is InChI=1S/C13H17N3O3/c1-8(14-2)6-11-15-12(13(18)19-3)10-5-4-9(17)7-16(10)11/h4-5,7-8,14,17H,6H2,1-3H3. The fraction of sp³-hybridized carbons (Fsp3) is 0.385. The van der Waals surface area contributed by atoms with Crippen molar-refractivity contribution < 1.29 is 14.6 Å². The summed E-state index contributed by atoms with van der Waals surface area (Å²) in [5.74, 6) is 0.347. The first-order chi connectivity index (χ1) is 9.06. The molecule has 1 atom stereocenters. The van der Waals surface area contributed by atoms with E-state index in [1.807, 2.05) is 14.0 Å². The predicted octanol–water partition coefficient (Wildman–Crippen LogP) is 0.977. The fourth-order valence-electron chi connectivity index (χ4n) is 1.90. The first-order valence-electron chi connectivity index (χ1n) is 6.02. The summed E-state index contributed by atoms with van der Waals surface area (Å²) in [7, 11) is 3.18. The maximum atomic E-state index is 11.7. The monoisotopic (exact) mass is 263 g/mol. The number of aromatic hydroxyl groups is 1. The van der Waals surface area contributed by atoms with Gasteiger partial charge in [-0.05, 0) is 26.1 Å². The number of carbonyl (C=O) groups excluding carboxylic acids is 1. The Hall–Kier alpha value is -2.08. The van der Waals surface area contributed by atoms with E-state index in [4.69, 9.17) is 4.74 Å². The Bertz CT molecular complexity index is 606. The molecule has 0 bridgehead atoms. The quantitative estimate of drug-likeness (QED) is 0.804. The Kier molecular flexibility index (Phi) is 3.71. The number of aromatic nitrogens is 2. The second kappa shape index (κ2) is 5.27. The molecule has 0 radical (unpaired) electrons. The highest BCUT2D eigenvalue weighted by molar-refractivity contribution is 5.95. The van der Waals surface area contributed by atoms with Crippen LogP contribution in [0.5, 0.6) is 5.75 Å². The zero-order valence-electron chi connectivity index (χ0n) is 11.2. The van der Waals surface area contributed by atoms with E-state index in [2.05, 4.69) is 10.3 Å². The highest BCUT2D eigenvalue weighted by Gasteiger charge is 2.19. The van der Waals surface area contributed by atoms with Crippen LogP contribution in [0.4, 0.5) is 0 Å². The van der Waals surface area contributed by atoms with Gasteiger partial charge in [-0.3, -0.25) is 4.40 Å². The van der Waals surface area contributed by atoms with E-state index < -0.39 is 5.97 Å². The number of hydrogen-bond acceptors (Lipinski definition) is 5. The minimum Gasteiger partial charge on any atom is -0.506 e. The number of fused-ring (bicyclic) bond motifs is 1. The molecule has 0 amide bonds. The number of likely N-dealkylation sites (N-methyl/N-ethyl adjacent to an activating group) is 1. The Balaban J connectivity index is 2.56. The predicted molar refractivity (Wildman–Crippen MR) is 70.4 cm³/mol. The van der Waals surface area contributed by atoms with Gasteiger partial charge in [-0.2, -0.15) is 0 Å². The molecule has 0 aliphatic heterocycles. The molecule has 0 fully saturated rings. The van der Waals surface area contributed by atoms with Crippen molar-refractivity contribution >= 4 is 11.5 Å². The molecule has 2 aromatic rings. The number of pyridine rings is 1. The molecule has 0 spiro atoms. The van der Waals surface area contributed by atoms with Crippen molar-refractivity contribution in [2.24, 2.45) is 0 Å². The van der Waals surface area contributed by atoms with Crippen molar-refractivity contribution in [1.82, 2.24) is 14.7 Å². The topological polar surface area (TPSA) is 75.9 Å². The lowest BCUT2D eigenvalue weighted by Gasteiger charge is -2.08. The van der Waals surface area contributed by atoms with E-state index in [0.29, 0.717) is 17.8 Å². The molecule has 0 saturated carbocycles. The van der Waals surface area contributed by atoms with Gasteiger partial charge in [-0.1, -0.05) is 0 Å². The third kappa shape index (κ3) is 2.53. The van der Waals surface area contributed by atoms with Crippen molar-refractivity contribution in [1.29, 1.82) is 0 Å². The van der Waals surface area contributed by atoms with Crippen LogP contribution in [-0.4, -0.2) is 40.7 Å². The number of rotatable bonds is 4. The number of carbonyl (C=O) groups is 1. The number of nitrogens with one attached hydrogen (secondary N) is 1. The third-order valence-corrected chi connectivity index (χ3v) is 3.05. The smallest absolute Gasteiger partial charge is 0.358 e. The van der Waals surface area contributed by atoms with Crippen LogP contribution in [0.2, 0.25) is 0 Å². The number of esters is 1. The van der Waals surface area contributed by atoms with Crippen molar-refractivity contribution in [3.8, 4) is 5.75 Å². The second-order valence-electron chi connectivity index (χ2n) is 4.40. The van der Waals surface area contributed by atoms with E-state index in [1.54, 1.807) is 16.7 Å². The Morgan fingerprint density at radius 1 is 1.58 bits per heavy atom. The number of ether oxygens (including phenoxy) is 1. The summed E-state index contributed by atoms with van der Waals surface area (Å²) in [5, 5.41) is 12.7. The number of nitrogens with zero attached hydrogens (tertiary/aromatic N) is 2. The zero-order valence-corrected chi connectivity index (χ0v) is 11.2. The maximum absolute atomic E-state index is 11.7. The molecular weight excluding hydrogens is 246 g/mol. The molecule has 2 rings (SSSR count). The molecule has 0 aliphatic rings. The molecule has 1 unspecified atom stereocenters. The summed E-state index contributed by atoms with van der Waals surface area (Å²) in [5.41, 5.74) is 0.892. The highest BCUT2D eigenvalue weighted by Crippen LogP contribution is 2.19. The van der Waals surface area contributed by atoms with Crippen LogP contribution in [0.25, 0.3) is 5.52 Å². The molecule has 102 valence electrons. The van der Waals surface area contributed by atoms with Crippen molar-refractivity contribution in [2.45, 2.75) is 19.4 Å². The van der Waals surface area contributed by atoms with Gasteiger partial charge in [0, 0.05) is 12.5 Å². The second-order valence-corrected chi connectivity index (χ2v) is 4.40. The minimum absolute atomic E-state index is 0.125. The number of imidazole rings is 1. The van der Waals surface area contributed by atoms with Gasteiger partial charge in [-0.25, -0.2) is 9.78 Å². The average Bonchev–Trinajstić information content (AvgIpc) is 2.76. The lowest BCUT2D eigenvalue weighted by Crippen LogP contribution is -2.24. The molecule has 0 aromatic carbocycles. The highest BCUT2D eigenvalue weighted by atomic mass is 16.5. The minimum atomic E-state index is -0.480. The molecule has 2 N–H and O–H groups in total. The number of methoxy groups -OCH3 is 1. The van der Waals surface area contributed by atoms with E-state index in [9.17, 15) is 9.90 Å².